The number of aliphatic carboxylic acids is 1. The van der Waals surface area contributed by atoms with Gasteiger partial charge in [-0.25, -0.2) is 4.68 Å². The maximum absolute atomic E-state index is 11.8. The summed E-state index contributed by atoms with van der Waals surface area (Å²) in [6, 6.07) is 8.97. The van der Waals surface area contributed by atoms with E-state index in [1.807, 2.05) is 24.4 Å². The molecule has 0 atom stereocenters. The topological polar surface area (TPSA) is 113 Å². The van der Waals surface area contributed by atoms with Gasteiger partial charge in [-0.05, 0) is 43.2 Å². The molecule has 0 saturated carbocycles. The molecule has 3 N–H and O–H groups in total. The number of hydrogen-bond acceptors (Lipinski definition) is 4. The van der Waals surface area contributed by atoms with Crippen molar-refractivity contribution in [2.75, 3.05) is 11.9 Å². The molecular weight excluding hydrogens is 324 g/mol. The molecular formula is C17H20N4O4. The van der Waals surface area contributed by atoms with Crippen LogP contribution in [0.5, 0.6) is 0 Å². The number of anilines is 1. The molecule has 0 fully saturated rings. The van der Waals surface area contributed by atoms with Gasteiger partial charge in [0, 0.05) is 30.9 Å². The highest BCUT2D eigenvalue weighted by Crippen LogP contribution is 2.12. The first-order valence-electron chi connectivity index (χ1n) is 7.93. The molecule has 0 aliphatic carbocycles. The average molecular weight is 344 g/mol. The lowest BCUT2D eigenvalue weighted by Crippen LogP contribution is -2.32. The Labute approximate surface area is 144 Å². The summed E-state index contributed by atoms with van der Waals surface area (Å²) >= 11 is 0. The number of carboxylic acid groups (broad SMARTS) is 1. The predicted molar refractivity (Wildman–Crippen MR) is 91.3 cm³/mol. The molecule has 0 unspecified atom stereocenters. The first-order chi connectivity index (χ1) is 12.0. The minimum absolute atomic E-state index is 0.0439. The van der Waals surface area contributed by atoms with Crippen molar-refractivity contribution < 1.29 is 19.5 Å². The van der Waals surface area contributed by atoms with E-state index in [0.29, 0.717) is 18.5 Å². The zero-order chi connectivity index (χ0) is 18.1. The van der Waals surface area contributed by atoms with Gasteiger partial charge in [-0.1, -0.05) is 0 Å². The highest BCUT2D eigenvalue weighted by molar-refractivity contribution is 5.94. The van der Waals surface area contributed by atoms with Gasteiger partial charge < -0.3 is 15.7 Å². The number of aromatic nitrogens is 2. The Morgan fingerprint density at radius 3 is 2.40 bits per heavy atom. The summed E-state index contributed by atoms with van der Waals surface area (Å²) < 4.78 is 1.70. The van der Waals surface area contributed by atoms with Gasteiger partial charge in [0.15, 0.2) is 0 Å². The number of carbonyl (C=O) groups excluding carboxylic acids is 2. The van der Waals surface area contributed by atoms with Crippen LogP contribution in [0.15, 0.2) is 42.7 Å². The van der Waals surface area contributed by atoms with Crippen LogP contribution in [0.1, 0.15) is 25.7 Å². The summed E-state index contributed by atoms with van der Waals surface area (Å²) in [5, 5.41) is 17.8. The third-order valence-corrected chi connectivity index (χ3v) is 3.41. The molecule has 2 aromatic rings. The van der Waals surface area contributed by atoms with Crippen molar-refractivity contribution in [3.05, 3.63) is 42.7 Å². The number of carboxylic acids is 1. The number of unbranched alkanes of at least 4 members (excludes halogenated alkanes) is 1. The molecule has 0 radical (unpaired) electrons. The average Bonchev–Trinajstić information content (AvgIpc) is 3.12. The van der Waals surface area contributed by atoms with E-state index in [4.69, 9.17) is 5.11 Å². The van der Waals surface area contributed by atoms with Gasteiger partial charge in [-0.2, -0.15) is 5.10 Å². The van der Waals surface area contributed by atoms with Gasteiger partial charge >= 0.3 is 5.97 Å². The van der Waals surface area contributed by atoms with Gasteiger partial charge in [0.1, 0.15) is 0 Å². The molecule has 0 bridgehead atoms. The summed E-state index contributed by atoms with van der Waals surface area (Å²) in [6.45, 7) is -0.126. The van der Waals surface area contributed by atoms with E-state index >= 15 is 0 Å². The minimum atomic E-state index is -0.877. The van der Waals surface area contributed by atoms with E-state index in [-0.39, 0.29) is 31.2 Å². The van der Waals surface area contributed by atoms with E-state index in [1.165, 1.54) is 0 Å². The summed E-state index contributed by atoms with van der Waals surface area (Å²) in [4.78, 5) is 33.8. The van der Waals surface area contributed by atoms with Crippen molar-refractivity contribution >= 4 is 23.5 Å². The largest absolute Gasteiger partial charge is 0.481 e. The summed E-state index contributed by atoms with van der Waals surface area (Å²) in [7, 11) is 0. The number of amides is 2. The smallest absolute Gasteiger partial charge is 0.303 e. The van der Waals surface area contributed by atoms with E-state index in [1.54, 1.807) is 23.0 Å². The number of benzene rings is 1. The van der Waals surface area contributed by atoms with Crippen molar-refractivity contribution in [3.63, 3.8) is 0 Å². The molecule has 132 valence electrons. The Kier molecular flexibility index (Phi) is 6.70. The van der Waals surface area contributed by atoms with Gasteiger partial charge in [-0.3, -0.25) is 14.4 Å². The van der Waals surface area contributed by atoms with Crippen LogP contribution in [-0.4, -0.2) is 39.2 Å². The molecule has 1 aromatic carbocycles. The Bertz CT molecular complexity index is 711. The van der Waals surface area contributed by atoms with Crippen molar-refractivity contribution in [3.8, 4) is 5.69 Å². The van der Waals surface area contributed by atoms with E-state index in [0.717, 1.165) is 5.69 Å². The van der Waals surface area contributed by atoms with Crippen molar-refractivity contribution in [1.82, 2.24) is 15.1 Å². The fourth-order valence-electron chi connectivity index (χ4n) is 2.15. The highest BCUT2D eigenvalue weighted by Gasteiger charge is 2.07. The van der Waals surface area contributed by atoms with Crippen LogP contribution in [0.4, 0.5) is 5.69 Å². The highest BCUT2D eigenvalue weighted by atomic mass is 16.4. The molecule has 2 rings (SSSR count). The number of rotatable bonds is 9. The molecule has 0 saturated heterocycles. The quantitative estimate of drug-likeness (QED) is 0.598. The Hall–Kier alpha value is -3.16. The lowest BCUT2D eigenvalue weighted by Gasteiger charge is -2.08. The van der Waals surface area contributed by atoms with Crippen LogP contribution < -0.4 is 10.6 Å². The maximum Gasteiger partial charge on any atom is 0.303 e. The Morgan fingerprint density at radius 2 is 1.76 bits per heavy atom. The van der Waals surface area contributed by atoms with Gasteiger partial charge in [0.2, 0.25) is 11.8 Å². The van der Waals surface area contributed by atoms with Crippen molar-refractivity contribution in [1.29, 1.82) is 0 Å². The molecule has 0 spiro atoms. The van der Waals surface area contributed by atoms with Gasteiger partial charge in [0.25, 0.3) is 0 Å². The van der Waals surface area contributed by atoms with Crippen LogP contribution in [0.3, 0.4) is 0 Å². The second-order valence-electron chi connectivity index (χ2n) is 5.42. The lowest BCUT2D eigenvalue weighted by molar-refractivity contribution is -0.137. The molecule has 25 heavy (non-hydrogen) atoms. The fraction of sp³-hybridized carbons (Fsp3) is 0.294. The standard InChI is InChI=1S/C17H20N4O4/c22-15(4-1-2-5-17(24)25)18-12-16(23)20-13-6-8-14(9-7-13)21-11-3-10-19-21/h3,6-11H,1-2,4-5,12H2,(H,18,22)(H,20,23)(H,24,25). The number of nitrogens with one attached hydrogen (secondary N) is 2. The number of carbonyl (C=O) groups is 3. The molecule has 1 aromatic heterocycles. The second kappa shape index (κ2) is 9.21. The summed E-state index contributed by atoms with van der Waals surface area (Å²) in [6.07, 6.45) is 4.67. The van der Waals surface area contributed by atoms with Crippen molar-refractivity contribution in [2.24, 2.45) is 0 Å². The number of hydrogen-bond donors (Lipinski definition) is 3. The molecule has 8 nitrogen and oxygen atoms in total. The normalized spacial score (nSPS) is 10.2. The van der Waals surface area contributed by atoms with Crippen LogP contribution >= 0.6 is 0 Å². The first-order valence-corrected chi connectivity index (χ1v) is 7.93. The van der Waals surface area contributed by atoms with E-state index in [9.17, 15) is 14.4 Å². The van der Waals surface area contributed by atoms with Gasteiger partial charge in [0.05, 0.1) is 12.2 Å². The fourth-order valence-corrected chi connectivity index (χ4v) is 2.15. The monoisotopic (exact) mass is 344 g/mol. The predicted octanol–water partition coefficient (Wildman–Crippen LogP) is 1.57. The van der Waals surface area contributed by atoms with E-state index < -0.39 is 5.97 Å². The number of nitrogens with zero attached hydrogens (tertiary/aromatic N) is 2. The van der Waals surface area contributed by atoms with Crippen LogP contribution in [0, 0.1) is 0 Å². The molecule has 0 aliphatic heterocycles. The first kappa shape index (κ1) is 18.2. The van der Waals surface area contributed by atoms with Crippen LogP contribution in [0.25, 0.3) is 5.69 Å². The zero-order valence-electron chi connectivity index (χ0n) is 13.6. The Balaban J connectivity index is 1.69. The maximum atomic E-state index is 11.8. The lowest BCUT2D eigenvalue weighted by atomic mass is 10.2. The summed E-state index contributed by atoms with van der Waals surface area (Å²) in [5.41, 5.74) is 1.49. The third-order valence-electron chi connectivity index (χ3n) is 3.41. The van der Waals surface area contributed by atoms with Crippen LogP contribution in [-0.2, 0) is 14.4 Å². The van der Waals surface area contributed by atoms with Gasteiger partial charge in [-0.15, -0.1) is 0 Å². The summed E-state index contributed by atoms with van der Waals surface area (Å²) in [5.74, 6) is -1.47. The zero-order valence-corrected chi connectivity index (χ0v) is 13.6. The minimum Gasteiger partial charge on any atom is -0.481 e. The Morgan fingerprint density at radius 1 is 1.04 bits per heavy atom. The molecule has 2 amide bonds. The third kappa shape index (κ3) is 6.46. The second-order valence-corrected chi connectivity index (χ2v) is 5.42. The molecule has 8 heteroatoms. The SMILES string of the molecule is O=C(O)CCCCC(=O)NCC(=O)Nc1ccc(-n2cccn2)cc1. The molecule has 0 aliphatic rings. The van der Waals surface area contributed by atoms with E-state index in [2.05, 4.69) is 15.7 Å². The van der Waals surface area contributed by atoms with Crippen molar-refractivity contribution in [2.45, 2.75) is 25.7 Å². The van der Waals surface area contributed by atoms with Crippen LogP contribution in [0.2, 0.25) is 0 Å². The molecule has 1 heterocycles.